The maximum Gasteiger partial charge on any atom is 0.352 e. The van der Waals surface area contributed by atoms with E-state index in [0.717, 1.165) is 28.4 Å². The number of nitrogens with zero attached hydrogens (tertiary/aromatic N) is 5. The van der Waals surface area contributed by atoms with Gasteiger partial charge in [-0.1, -0.05) is 28.4 Å². The fraction of sp³-hybridized carbons (Fsp3) is 0.214. The van der Waals surface area contributed by atoms with Crippen molar-refractivity contribution in [1.29, 1.82) is 0 Å². The first-order chi connectivity index (χ1) is 23.3. The number of β-lactam (4-membered cyclic amide) rings is 1. The minimum atomic E-state index is -1.83. The van der Waals surface area contributed by atoms with Crippen LogP contribution in [0.1, 0.15) is 22.9 Å². The van der Waals surface area contributed by atoms with Crippen LogP contribution in [0, 0.1) is 6.92 Å². The van der Waals surface area contributed by atoms with Gasteiger partial charge in [-0.25, -0.2) is 9.78 Å². The summed E-state index contributed by atoms with van der Waals surface area (Å²) >= 11 is 3.43. The zero-order chi connectivity index (χ0) is 35.6. The number of phenols is 2. The molecule has 0 radical (unpaired) electrons. The molecular weight excluding hydrogens is 703 g/mol. The number of carboxylic acid groups (broad SMARTS) is 2. The molecule has 0 spiro atoms. The molecule has 18 nitrogen and oxygen atoms in total. The van der Waals surface area contributed by atoms with E-state index in [2.05, 4.69) is 20.4 Å². The van der Waals surface area contributed by atoms with E-state index in [-0.39, 0.29) is 27.8 Å². The summed E-state index contributed by atoms with van der Waals surface area (Å²) in [7, 11) is 0. The van der Waals surface area contributed by atoms with Gasteiger partial charge in [-0.15, -0.1) is 23.1 Å². The summed E-state index contributed by atoms with van der Waals surface area (Å²) in [6.07, 6.45) is 2.89. The number of fused-ring (bicyclic) bond motifs is 1. The molecule has 0 aliphatic carbocycles. The third-order valence-corrected chi connectivity index (χ3v) is 10.1. The van der Waals surface area contributed by atoms with Gasteiger partial charge in [-0.2, -0.15) is 3.97 Å². The molecule has 0 bridgehead atoms. The van der Waals surface area contributed by atoms with Crippen LogP contribution >= 0.6 is 35.0 Å². The number of rotatable bonds is 12. The van der Waals surface area contributed by atoms with Gasteiger partial charge in [0.2, 0.25) is 24.1 Å². The lowest BCUT2D eigenvalue weighted by atomic mass is 10.0. The van der Waals surface area contributed by atoms with E-state index in [1.54, 1.807) is 23.0 Å². The molecule has 2 aliphatic heterocycles. The second-order valence-electron chi connectivity index (χ2n) is 10.3. The molecule has 2 amide bonds. The molecule has 3 aromatic rings. The summed E-state index contributed by atoms with van der Waals surface area (Å²) in [6, 6.07) is 1.97. The van der Waals surface area contributed by atoms with Crippen LogP contribution in [0.4, 0.5) is 16.8 Å². The fourth-order valence-corrected chi connectivity index (χ4v) is 7.21. The number of amides is 2. The van der Waals surface area contributed by atoms with Gasteiger partial charge in [0.1, 0.15) is 17.1 Å². The Hall–Kier alpha value is -5.54. The quantitative estimate of drug-likeness (QED) is 0.0386. The van der Waals surface area contributed by atoms with Gasteiger partial charge in [0.25, 0.3) is 11.8 Å². The number of carboxylic acids is 2. The van der Waals surface area contributed by atoms with E-state index in [1.807, 2.05) is 0 Å². The number of aromatic nitrogens is 3. The van der Waals surface area contributed by atoms with Crippen LogP contribution in [0.3, 0.4) is 0 Å². The van der Waals surface area contributed by atoms with Crippen LogP contribution in [0.25, 0.3) is 0 Å². The highest BCUT2D eigenvalue weighted by atomic mass is 32.2. The highest BCUT2D eigenvalue weighted by Crippen LogP contribution is 2.40. The van der Waals surface area contributed by atoms with E-state index < -0.39 is 58.5 Å². The van der Waals surface area contributed by atoms with Gasteiger partial charge in [-0.3, -0.25) is 14.5 Å². The number of carbonyl (C=O) groups excluding carboxylic acids is 3. The summed E-state index contributed by atoms with van der Waals surface area (Å²) < 4.78 is 1.62. The van der Waals surface area contributed by atoms with Crippen molar-refractivity contribution in [2.75, 3.05) is 28.7 Å². The lowest BCUT2D eigenvalue weighted by Crippen LogP contribution is -2.71. The fourth-order valence-electron chi connectivity index (χ4n) is 4.61. The van der Waals surface area contributed by atoms with Crippen LogP contribution in [0.15, 0.2) is 58.5 Å². The van der Waals surface area contributed by atoms with Crippen molar-refractivity contribution in [1.82, 2.24) is 20.2 Å². The van der Waals surface area contributed by atoms with Crippen LogP contribution < -0.4 is 31.6 Å². The minimum Gasteiger partial charge on any atom is -0.543 e. The highest BCUT2D eigenvalue weighted by Gasteiger charge is 2.53. The first kappa shape index (κ1) is 34.8. The van der Waals surface area contributed by atoms with E-state index >= 15 is 0 Å². The number of benzene rings is 1. The number of hydrogen-bond donors (Lipinski definition) is 7. The van der Waals surface area contributed by atoms with Crippen molar-refractivity contribution in [3.05, 3.63) is 70.1 Å². The van der Waals surface area contributed by atoms with E-state index in [1.165, 1.54) is 41.5 Å². The summed E-state index contributed by atoms with van der Waals surface area (Å²) in [6.45, 7) is 1.73. The first-order valence-corrected chi connectivity index (χ1v) is 16.8. The zero-order valence-corrected chi connectivity index (χ0v) is 27.6. The molecule has 2 aliphatic rings. The maximum atomic E-state index is 13.5. The number of nitrogens with two attached hydrogens (primary N) is 3. The van der Waals surface area contributed by atoms with Crippen molar-refractivity contribution in [3.63, 3.8) is 0 Å². The van der Waals surface area contributed by atoms with Crippen molar-refractivity contribution in [3.8, 4) is 11.5 Å². The van der Waals surface area contributed by atoms with Gasteiger partial charge >= 0.3 is 5.97 Å². The normalized spacial score (nSPS) is 18.2. The Balaban J connectivity index is 1.32. The molecule has 1 unspecified atom stereocenters. The number of thiazole rings is 1. The average molecular weight is 730 g/mol. The van der Waals surface area contributed by atoms with Crippen LogP contribution in [-0.4, -0.2) is 82.6 Å². The number of aromatic hydroxyl groups is 2. The molecule has 1 aromatic carbocycles. The van der Waals surface area contributed by atoms with Gasteiger partial charge in [0, 0.05) is 34.4 Å². The number of nitrogen functional groups attached to an aromatic ring is 3. The number of nitrogens with one attached hydrogen (secondary N) is 1. The topological polar surface area (TPSA) is 297 Å². The molecule has 10 N–H and O–H groups in total. The third kappa shape index (κ3) is 7.17. The molecular formula is C28H27N9O9S3. The summed E-state index contributed by atoms with van der Waals surface area (Å²) in [4.78, 5) is 65.1. The summed E-state index contributed by atoms with van der Waals surface area (Å²) in [5.41, 5.74) is 17.4. The lowest BCUT2D eigenvalue weighted by molar-refractivity contribution is -0.481. The molecule has 256 valence electrons. The van der Waals surface area contributed by atoms with Crippen molar-refractivity contribution >= 4 is 81.3 Å². The monoisotopic (exact) mass is 729 g/mol. The molecule has 4 heterocycles. The zero-order valence-electron chi connectivity index (χ0n) is 25.2. The van der Waals surface area contributed by atoms with Crippen LogP contribution in [-0.2, 0) is 24.0 Å². The Labute approximate surface area is 289 Å². The number of phenolic OH excluding ortho intramolecular Hbond substituents is 2. The number of oxime groups is 1. The number of thioether (sulfide) groups is 1. The molecule has 5 rings (SSSR count). The maximum absolute atomic E-state index is 13.5. The van der Waals surface area contributed by atoms with E-state index in [4.69, 9.17) is 22.0 Å². The van der Waals surface area contributed by atoms with Gasteiger partial charge < -0.3 is 52.6 Å². The molecule has 0 saturated carbocycles. The van der Waals surface area contributed by atoms with E-state index in [0.29, 0.717) is 28.5 Å². The Bertz CT molecular complexity index is 1950. The molecule has 3 atom stereocenters. The molecule has 1 saturated heterocycles. The molecule has 1 fully saturated rings. The number of allylic oxidation sites excluding steroid dienone is 1. The van der Waals surface area contributed by atoms with Crippen LogP contribution in [0.5, 0.6) is 11.5 Å². The summed E-state index contributed by atoms with van der Waals surface area (Å²) in [5, 5.41) is 48.1. The SMILES string of the molecule is Cc1c(N)nc[n+](SC/C=C/C2=C(C(=O)[O-])N3C(=O)[C@@H](NC(=O)/C(=N\OC(C(=O)O)c4ccc(O)c(O)c4)c4csc(N)n4)[C@H]3SC2)c1N. The lowest BCUT2D eigenvalue weighted by Gasteiger charge is -2.50. The third-order valence-electron chi connectivity index (χ3n) is 7.17. The Morgan fingerprint density at radius 3 is 2.69 bits per heavy atom. The second-order valence-corrected chi connectivity index (χ2v) is 13.2. The number of aliphatic carboxylic acids is 2. The Morgan fingerprint density at radius 1 is 1.29 bits per heavy atom. The van der Waals surface area contributed by atoms with E-state index in [9.17, 15) is 39.6 Å². The van der Waals surface area contributed by atoms with Crippen molar-refractivity contribution in [2.24, 2.45) is 5.16 Å². The minimum absolute atomic E-state index is 0.0486. The van der Waals surface area contributed by atoms with Gasteiger partial charge in [-0.05, 0) is 24.6 Å². The Kier molecular flexibility index (Phi) is 10.1. The highest BCUT2D eigenvalue weighted by molar-refractivity contribution is 8.00. The Morgan fingerprint density at radius 2 is 2.04 bits per heavy atom. The van der Waals surface area contributed by atoms with Crippen molar-refractivity contribution < 1.29 is 48.4 Å². The predicted octanol–water partition coefficient (Wildman–Crippen LogP) is -1.00. The average Bonchev–Trinajstić information content (AvgIpc) is 3.49. The standard InChI is InChI=1S/C28H27N9O9S3/c1-11-21(29)32-10-36(22(11)30)49-6-2-3-13-8-47-25-18(24(41)37(25)19(13)26(42)43)34-23(40)17(14-9-48-28(31)33-14)35-46-20(27(44)45)12-4-5-15(38)16(39)7-12/h2-5,7,9-10,18,20,25H,6,8H2,1H3,(H10,29,30,31,33,34,35,38,39,40,42,43,44,45)/b3-2+/t18-,20?,25-/m1/s1. The molecule has 2 aromatic heterocycles. The predicted molar refractivity (Wildman–Crippen MR) is 176 cm³/mol. The second kappa shape index (κ2) is 14.3. The van der Waals surface area contributed by atoms with Crippen LogP contribution in [0.2, 0.25) is 0 Å². The molecule has 21 heteroatoms. The number of anilines is 3. The smallest absolute Gasteiger partial charge is 0.352 e. The number of carbonyl (C=O) groups is 4. The van der Waals surface area contributed by atoms with Gasteiger partial charge in [0.15, 0.2) is 22.3 Å². The van der Waals surface area contributed by atoms with Crippen molar-refractivity contribution in [2.45, 2.75) is 24.4 Å². The number of hydrogen-bond acceptors (Lipinski definition) is 17. The summed E-state index contributed by atoms with van der Waals surface area (Å²) in [5.74, 6) is -4.72. The first-order valence-electron chi connectivity index (χ1n) is 13.9. The largest absolute Gasteiger partial charge is 0.543 e. The molecule has 49 heavy (non-hydrogen) atoms. The van der Waals surface area contributed by atoms with Gasteiger partial charge in [0.05, 0.1) is 17.2 Å².